The number of unbranched alkanes of at least 4 members (excludes halogenated alkanes) is 1. The average Bonchev–Trinajstić information content (AvgIpc) is 2.20. The summed E-state index contributed by atoms with van der Waals surface area (Å²) in [5.41, 5.74) is 2.54. The molecular formula is C11H23ClSi. The first kappa shape index (κ1) is 13.2. The molecule has 0 nitrogen and oxygen atoms in total. The van der Waals surface area contributed by atoms with Crippen LogP contribution in [0.15, 0.2) is 11.8 Å². The lowest BCUT2D eigenvalue weighted by molar-refractivity contribution is 0.966. The van der Waals surface area contributed by atoms with Gasteiger partial charge in [0.2, 0.25) is 0 Å². The topological polar surface area (TPSA) is 0 Å². The van der Waals surface area contributed by atoms with Gasteiger partial charge in [0, 0.05) is 5.88 Å². The summed E-state index contributed by atoms with van der Waals surface area (Å²) in [5, 5.41) is 0. The fourth-order valence-corrected chi connectivity index (χ4v) is 4.66. The second-order valence-corrected chi connectivity index (χ2v) is 9.21. The van der Waals surface area contributed by atoms with E-state index in [2.05, 4.69) is 32.5 Å². The predicted octanol–water partition coefficient (Wildman–Crippen LogP) is 4.61. The Kier molecular flexibility index (Phi) is 7.78. The average molecular weight is 219 g/mol. The zero-order chi connectivity index (χ0) is 10.2. The van der Waals surface area contributed by atoms with Crippen LogP contribution in [0.4, 0.5) is 0 Å². The van der Waals surface area contributed by atoms with E-state index in [1.54, 1.807) is 0 Å². The number of hydrogen-bond acceptors (Lipinski definition) is 0. The lowest BCUT2D eigenvalue weighted by Gasteiger charge is -2.23. The van der Waals surface area contributed by atoms with E-state index in [1.165, 1.54) is 18.1 Å². The molecule has 0 saturated carbocycles. The molecule has 78 valence electrons. The van der Waals surface area contributed by atoms with Crippen LogP contribution in [0.2, 0.25) is 18.1 Å². The Balaban J connectivity index is 4.00. The second-order valence-electron chi connectivity index (χ2n) is 3.66. The van der Waals surface area contributed by atoms with Crippen molar-refractivity contribution >= 4 is 19.7 Å². The number of rotatable bonds is 7. The molecule has 0 amide bonds. The molecule has 0 atom stereocenters. The Bertz CT molecular complexity index is 131. The predicted molar refractivity (Wildman–Crippen MR) is 66.3 cm³/mol. The van der Waals surface area contributed by atoms with E-state index in [1.807, 2.05) is 0 Å². The summed E-state index contributed by atoms with van der Waals surface area (Å²) in [6.45, 7) is 7.02. The van der Waals surface area contributed by atoms with Crippen LogP contribution >= 0.6 is 11.6 Å². The minimum Gasteiger partial charge on any atom is -0.127 e. The van der Waals surface area contributed by atoms with Crippen LogP contribution in [0, 0.1) is 0 Å². The van der Waals surface area contributed by atoms with Crippen LogP contribution in [0.25, 0.3) is 0 Å². The zero-order valence-corrected chi connectivity index (χ0v) is 11.0. The van der Waals surface area contributed by atoms with Crippen LogP contribution in [0.3, 0.4) is 0 Å². The van der Waals surface area contributed by atoms with Crippen LogP contribution in [-0.2, 0) is 0 Å². The molecule has 0 heterocycles. The first-order valence-electron chi connectivity index (χ1n) is 5.48. The molecule has 0 aliphatic carbocycles. The van der Waals surface area contributed by atoms with E-state index in [0.717, 1.165) is 18.7 Å². The molecule has 0 bridgehead atoms. The summed E-state index contributed by atoms with van der Waals surface area (Å²) >= 11 is 5.63. The van der Waals surface area contributed by atoms with Gasteiger partial charge in [-0.1, -0.05) is 50.7 Å². The Morgan fingerprint density at radius 2 is 1.62 bits per heavy atom. The molecule has 0 radical (unpaired) electrons. The lowest BCUT2D eigenvalue weighted by atomic mass is 10.3. The maximum absolute atomic E-state index is 5.63. The fourth-order valence-electron chi connectivity index (χ4n) is 1.63. The third-order valence-corrected chi connectivity index (χ3v) is 8.52. The lowest BCUT2D eigenvalue weighted by Crippen LogP contribution is -2.28. The highest BCUT2D eigenvalue weighted by molar-refractivity contribution is 6.84. The summed E-state index contributed by atoms with van der Waals surface area (Å²) < 4.78 is 0. The molecule has 0 spiro atoms. The van der Waals surface area contributed by atoms with Gasteiger partial charge >= 0.3 is 0 Å². The van der Waals surface area contributed by atoms with Gasteiger partial charge in [0.15, 0.2) is 0 Å². The highest BCUT2D eigenvalue weighted by Crippen LogP contribution is 2.21. The highest BCUT2D eigenvalue weighted by atomic mass is 35.5. The fraction of sp³-hybridized carbons (Fsp3) is 0.818. The number of hydrogen-bond donors (Lipinski definition) is 0. The van der Waals surface area contributed by atoms with E-state index < -0.39 is 8.07 Å². The molecule has 0 aliphatic heterocycles. The summed E-state index contributed by atoms with van der Waals surface area (Å²) in [7, 11) is -0.991. The van der Waals surface area contributed by atoms with Crippen molar-refractivity contribution in [2.45, 2.75) is 51.7 Å². The molecule has 0 aromatic rings. The molecule has 0 aromatic carbocycles. The molecule has 13 heavy (non-hydrogen) atoms. The number of alkyl halides is 1. The van der Waals surface area contributed by atoms with E-state index in [-0.39, 0.29) is 0 Å². The van der Waals surface area contributed by atoms with Crippen molar-refractivity contribution in [1.29, 1.82) is 0 Å². The van der Waals surface area contributed by atoms with Gasteiger partial charge < -0.3 is 0 Å². The van der Waals surface area contributed by atoms with Crippen molar-refractivity contribution in [1.82, 2.24) is 0 Å². The first-order valence-corrected chi connectivity index (χ1v) is 8.71. The van der Waals surface area contributed by atoms with Gasteiger partial charge in [-0.05, 0) is 12.8 Å². The highest BCUT2D eigenvalue weighted by Gasteiger charge is 2.22. The quantitative estimate of drug-likeness (QED) is 0.333. The van der Waals surface area contributed by atoms with Gasteiger partial charge in [0.25, 0.3) is 0 Å². The molecular weight excluding hydrogens is 196 g/mol. The van der Waals surface area contributed by atoms with Gasteiger partial charge in [-0.3, -0.25) is 0 Å². The van der Waals surface area contributed by atoms with Crippen molar-refractivity contribution in [2.24, 2.45) is 0 Å². The molecule has 2 heteroatoms. The van der Waals surface area contributed by atoms with E-state index >= 15 is 0 Å². The van der Waals surface area contributed by atoms with Gasteiger partial charge in [-0.25, -0.2) is 0 Å². The molecule has 0 N–H and O–H groups in total. The molecule has 0 unspecified atom stereocenters. The molecule has 0 saturated heterocycles. The Morgan fingerprint density at radius 3 is 2.00 bits per heavy atom. The van der Waals surface area contributed by atoms with E-state index in [9.17, 15) is 0 Å². The third kappa shape index (κ3) is 4.87. The molecule has 0 aliphatic rings. The van der Waals surface area contributed by atoms with Crippen molar-refractivity contribution < 1.29 is 0 Å². The Hall–Kier alpha value is 0.247. The van der Waals surface area contributed by atoms with Crippen molar-refractivity contribution in [3.8, 4) is 0 Å². The SMILES string of the molecule is CC[Si](/C=C\CCCCl)(CC)CC. The molecule has 0 fully saturated rings. The number of allylic oxidation sites excluding steroid dienone is 1. The second kappa shape index (κ2) is 7.63. The van der Waals surface area contributed by atoms with Gasteiger partial charge in [0.1, 0.15) is 0 Å². The van der Waals surface area contributed by atoms with Gasteiger partial charge in [-0.15, -0.1) is 11.6 Å². The maximum Gasteiger partial charge on any atom is 0.0766 e. The van der Waals surface area contributed by atoms with Crippen LogP contribution in [-0.4, -0.2) is 14.0 Å². The molecule has 0 rings (SSSR count). The standard InChI is InChI=1S/C11H23ClSi/c1-4-13(5-2,6-3)11-9-7-8-10-12/h9,11H,4-8,10H2,1-3H3/b11-9-. The Morgan fingerprint density at radius 1 is 1.08 bits per heavy atom. The monoisotopic (exact) mass is 218 g/mol. The van der Waals surface area contributed by atoms with Crippen LogP contribution < -0.4 is 0 Å². The van der Waals surface area contributed by atoms with Gasteiger partial charge in [0.05, 0.1) is 8.07 Å². The third-order valence-electron chi connectivity index (χ3n) is 3.09. The van der Waals surface area contributed by atoms with E-state index in [4.69, 9.17) is 11.6 Å². The summed E-state index contributed by atoms with van der Waals surface area (Å²) in [6.07, 6.45) is 4.66. The molecule has 0 aromatic heterocycles. The number of halogens is 1. The van der Waals surface area contributed by atoms with Crippen LogP contribution in [0.1, 0.15) is 33.6 Å². The normalized spacial score (nSPS) is 12.6. The van der Waals surface area contributed by atoms with Crippen molar-refractivity contribution in [3.05, 3.63) is 11.8 Å². The minimum atomic E-state index is -0.991. The van der Waals surface area contributed by atoms with Crippen molar-refractivity contribution in [3.63, 3.8) is 0 Å². The first-order chi connectivity index (χ1) is 6.24. The van der Waals surface area contributed by atoms with E-state index in [0.29, 0.717) is 0 Å². The van der Waals surface area contributed by atoms with Crippen LogP contribution in [0.5, 0.6) is 0 Å². The summed E-state index contributed by atoms with van der Waals surface area (Å²) in [6, 6.07) is 4.16. The largest absolute Gasteiger partial charge is 0.127 e. The van der Waals surface area contributed by atoms with Crippen molar-refractivity contribution in [2.75, 3.05) is 5.88 Å². The minimum absolute atomic E-state index is 0.795. The maximum atomic E-state index is 5.63. The smallest absolute Gasteiger partial charge is 0.0766 e. The summed E-state index contributed by atoms with van der Waals surface area (Å²) in [5.74, 6) is 0.795. The Labute approximate surface area is 89.4 Å². The van der Waals surface area contributed by atoms with Gasteiger partial charge in [-0.2, -0.15) is 0 Å². The summed E-state index contributed by atoms with van der Waals surface area (Å²) in [4.78, 5) is 0. The zero-order valence-electron chi connectivity index (χ0n) is 9.28.